The fourth-order valence-corrected chi connectivity index (χ4v) is 1.65. The predicted octanol–water partition coefficient (Wildman–Crippen LogP) is 1.74. The van der Waals surface area contributed by atoms with Crippen LogP contribution in [0.25, 0.3) is 0 Å². The van der Waals surface area contributed by atoms with E-state index in [1.807, 2.05) is 0 Å². The van der Waals surface area contributed by atoms with E-state index in [-0.39, 0.29) is 10.7 Å². The highest BCUT2D eigenvalue weighted by Gasteiger charge is 2.18. The van der Waals surface area contributed by atoms with Crippen LogP contribution < -0.4 is 5.32 Å². The summed E-state index contributed by atoms with van der Waals surface area (Å²) in [5.41, 5.74) is 0.802. The summed E-state index contributed by atoms with van der Waals surface area (Å²) in [5.74, 6) is -0.400. The van der Waals surface area contributed by atoms with Gasteiger partial charge in [0, 0.05) is 13.6 Å². The first-order valence-corrected chi connectivity index (χ1v) is 5.58. The SMILES string of the molecule is CNCc1nc(Cl)c(C(=O)N(C)OC)cc1Cl. The number of hydrogen-bond donors (Lipinski definition) is 1. The zero-order valence-electron chi connectivity index (χ0n) is 9.75. The van der Waals surface area contributed by atoms with Gasteiger partial charge in [0.2, 0.25) is 0 Å². The van der Waals surface area contributed by atoms with E-state index in [9.17, 15) is 4.79 Å². The zero-order valence-corrected chi connectivity index (χ0v) is 11.3. The van der Waals surface area contributed by atoms with Crippen LogP contribution >= 0.6 is 23.2 Å². The van der Waals surface area contributed by atoms with Crippen molar-refractivity contribution in [2.75, 3.05) is 21.2 Å². The molecule has 1 heterocycles. The Morgan fingerprint density at radius 2 is 2.24 bits per heavy atom. The molecule has 0 aliphatic heterocycles. The van der Waals surface area contributed by atoms with Gasteiger partial charge in [-0.25, -0.2) is 10.0 Å². The monoisotopic (exact) mass is 277 g/mol. The minimum atomic E-state index is -0.400. The van der Waals surface area contributed by atoms with Crippen LogP contribution in [0.4, 0.5) is 0 Å². The van der Waals surface area contributed by atoms with Crippen molar-refractivity contribution in [1.82, 2.24) is 15.4 Å². The Kier molecular flexibility index (Phi) is 5.14. The summed E-state index contributed by atoms with van der Waals surface area (Å²) >= 11 is 11.9. The van der Waals surface area contributed by atoms with E-state index in [1.165, 1.54) is 20.2 Å². The van der Waals surface area contributed by atoms with Crippen molar-refractivity contribution < 1.29 is 9.63 Å². The van der Waals surface area contributed by atoms with Gasteiger partial charge in [0.15, 0.2) is 0 Å². The summed E-state index contributed by atoms with van der Waals surface area (Å²) < 4.78 is 0. The van der Waals surface area contributed by atoms with Crippen molar-refractivity contribution in [2.45, 2.75) is 6.54 Å². The van der Waals surface area contributed by atoms with E-state index in [0.29, 0.717) is 17.3 Å². The van der Waals surface area contributed by atoms with Crippen molar-refractivity contribution in [1.29, 1.82) is 0 Å². The molecule has 17 heavy (non-hydrogen) atoms. The molecule has 1 aromatic heterocycles. The van der Waals surface area contributed by atoms with Gasteiger partial charge in [-0.05, 0) is 13.1 Å². The molecule has 0 spiro atoms. The van der Waals surface area contributed by atoms with Crippen LogP contribution in [0.5, 0.6) is 0 Å². The minimum absolute atomic E-state index is 0.105. The fraction of sp³-hybridized carbons (Fsp3) is 0.400. The maximum absolute atomic E-state index is 11.8. The summed E-state index contributed by atoms with van der Waals surface area (Å²) in [6.45, 7) is 0.479. The summed E-state index contributed by atoms with van der Waals surface area (Å²) in [7, 11) is 4.63. The molecule has 1 rings (SSSR count). The van der Waals surface area contributed by atoms with Crippen LogP contribution in [0.2, 0.25) is 10.2 Å². The maximum Gasteiger partial charge on any atom is 0.280 e. The highest BCUT2D eigenvalue weighted by molar-refractivity contribution is 6.35. The zero-order chi connectivity index (χ0) is 13.0. The molecule has 1 aromatic rings. The molecule has 7 heteroatoms. The first-order valence-electron chi connectivity index (χ1n) is 4.83. The maximum atomic E-state index is 11.8. The molecule has 0 saturated heterocycles. The normalized spacial score (nSPS) is 10.4. The number of nitrogens with one attached hydrogen (secondary N) is 1. The van der Waals surface area contributed by atoms with E-state index in [0.717, 1.165) is 5.06 Å². The van der Waals surface area contributed by atoms with Gasteiger partial charge in [0.05, 0.1) is 23.4 Å². The Morgan fingerprint density at radius 1 is 1.59 bits per heavy atom. The first-order chi connectivity index (χ1) is 8.01. The van der Waals surface area contributed by atoms with Gasteiger partial charge in [0.25, 0.3) is 5.91 Å². The molecule has 0 atom stereocenters. The van der Waals surface area contributed by atoms with E-state index < -0.39 is 5.91 Å². The van der Waals surface area contributed by atoms with Gasteiger partial charge in [-0.3, -0.25) is 9.63 Å². The van der Waals surface area contributed by atoms with Gasteiger partial charge in [-0.1, -0.05) is 23.2 Å². The Labute approximate surface area is 110 Å². The van der Waals surface area contributed by atoms with E-state index >= 15 is 0 Å². The molecule has 1 amide bonds. The number of hydrogen-bond acceptors (Lipinski definition) is 4. The molecule has 1 N–H and O–H groups in total. The van der Waals surface area contributed by atoms with Crippen molar-refractivity contribution in [3.63, 3.8) is 0 Å². The summed E-state index contributed by atoms with van der Waals surface area (Å²) in [6, 6.07) is 1.49. The fourth-order valence-electron chi connectivity index (χ4n) is 1.20. The molecule has 0 aromatic carbocycles. The van der Waals surface area contributed by atoms with E-state index in [4.69, 9.17) is 28.0 Å². The molecule has 5 nitrogen and oxygen atoms in total. The summed E-state index contributed by atoms with van der Waals surface area (Å²) in [4.78, 5) is 20.7. The van der Waals surface area contributed by atoms with Crippen molar-refractivity contribution in [3.8, 4) is 0 Å². The van der Waals surface area contributed by atoms with Crippen LogP contribution in [0, 0.1) is 0 Å². The summed E-state index contributed by atoms with van der Waals surface area (Å²) in [6.07, 6.45) is 0. The van der Waals surface area contributed by atoms with E-state index in [2.05, 4.69) is 10.3 Å². The lowest BCUT2D eigenvalue weighted by Gasteiger charge is -2.15. The molecule has 0 aliphatic rings. The van der Waals surface area contributed by atoms with Crippen LogP contribution in [0.1, 0.15) is 16.1 Å². The Morgan fingerprint density at radius 3 is 2.76 bits per heavy atom. The smallest absolute Gasteiger partial charge is 0.280 e. The van der Waals surface area contributed by atoms with E-state index in [1.54, 1.807) is 7.05 Å². The number of hydroxylamine groups is 2. The third kappa shape index (κ3) is 3.29. The highest BCUT2D eigenvalue weighted by Crippen LogP contribution is 2.23. The highest BCUT2D eigenvalue weighted by atomic mass is 35.5. The second-order valence-electron chi connectivity index (χ2n) is 3.27. The Balaban J connectivity index is 3.11. The second kappa shape index (κ2) is 6.16. The standard InChI is InChI=1S/C10H13Cl2N3O2/c1-13-5-8-7(11)4-6(9(12)14-8)10(16)15(2)17-3/h4,13H,5H2,1-3H3. The quantitative estimate of drug-likeness (QED) is 0.673. The number of rotatable bonds is 4. The molecular weight excluding hydrogens is 265 g/mol. The lowest BCUT2D eigenvalue weighted by atomic mass is 10.2. The lowest BCUT2D eigenvalue weighted by Crippen LogP contribution is -2.26. The van der Waals surface area contributed by atoms with Crippen LogP contribution in [0.15, 0.2) is 6.07 Å². The number of carbonyl (C=O) groups is 1. The molecule has 0 unspecified atom stereocenters. The average Bonchev–Trinajstić information content (AvgIpc) is 2.31. The first kappa shape index (κ1) is 14.2. The average molecular weight is 278 g/mol. The summed E-state index contributed by atoms with van der Waals surface area (Å²) in [5, 5.41) is 4.45. The minimum Gasteiger partial charge on any atom is -0.314 e. The van der Waals surface area contributed by atoms with Gasteiger partial charge in [-0.15, -0.1) is 0 Å². The number of aromatic nitrogens is 1. The number of nitrogens with zero attached hydrogens (tertiary/aromatic N) is 2. The van der Waals surface area contributed by atoms with Gasteiger partial charge >= 0.3 is 0 Å². The molecular formula is C10H13Cl2N3O2. The molecule has 0 radical (unpaired) electrons. The molecule has 0 saturated carbocycles. The predicted molar refractivity (Wildman–Crippen MR) is 66.1 cm³/mol. The second-order valence-corrected chi connectivity index (χ2v) is 4.04. The molecule has 0 bridgehead atoms. The van der Waals surface area contributed by atoms with Gasteiger partial charge in [-0.2, -0.15) is 0 Å². The largest absolute Gasteiger partial charge is 0.314 e. The number of halogens is 2. The van der Waals surface area contributed by atoms with Gasteiger partial charge in [0.1, 0.15) is 5.15 Å². The number of carbonyl (C=O) groups excluding carboxylic acids is 1. The Hall–Kier alpha value is -0.880. The van der Waals surface area contributed by atoms with Crippen molar-refractivity contribution >= 4 is 29.1 Å². The lowest BCUT2D eigenvalue weighted by molar-refractivity contribution is -0.0757. The third-order valence-electron chi connectivity index (χ3n) is 2.14. The number of amides is 1. The van der Waals surface area contributed by atoms with Crippen molar-refractivity contribution in [2.24, 2.45) is 0 Å². The molecule has 94 valence electrons. The topological polar surface area (TPSA) is 54.5 Å². The van der Waals surface area contributed by atoms with Crippen LogP contribution in [0.3, 0.4) is 0 Å². The third-order valence-corrected chi connectivity index (χ3v) is 2.75. The molecule has 0 fully saturated rings. The van der Waals surface area contributed by atoms with Gasteiger partial charge < -0.3 is 5.32 Å². The van der Waals surface area contributed by atoms with Crippen molar-refractivity contribution in [3.05, 3.63) is 27.5 Å². The number of pyridine rings is 1. The van der Waals surface area contributed by atoms with Crippen LogP contribution in [-0.4, -0.2) is 37.2 Å². The molecule has 0 aliphatic carbocycles. The van der Waals surface area contributed by atoms with Crippen LogP contribution in [-0.2, 0) is 11.4 Å². The Bertz CT molecular complexity index is 426.